The summed E-state index contributed by atoms with van der Waals surface area (Å²) in [6, 6.07) is 20.1. The van der Waals surface area contributed by atoms with Crippen molar-refractivity contribution in [3.63, 3.8) is 0 Å². The van der Waals surface area contributed by atoms with Gasteiger partial charge in [-0.1, -0.05) is 72.4 Å². The van der Waals surface area contributed by atoms with Crippen molar-refractivity contribution in [1.82, 2.24) is 9.97 Å². The summed E-state index contributed by atoms with van der Waals surface area (Å²) in [4.78, 5) is 19.6. The van der Waals surface area contributed by atoms with E-state index in [1.807, 2.05) is 60.7 Å². The average Bonchev–Trinajstić information content (AvgIpc) is 3.06. The van der Waals surface area contributed by atoms with Gasteiger partial charge in [0.05, 0.1) is 23.7 Å². The van der Waals surface area contributed by atoms with E-state index in [-0.39, 0.29) is 11.7 Å². The number of rotatable bonds is 6. The molecular formula is C19H18N2O2S. The van der Waals surface area contributed by atoms with Crippen molar-refractivity contribution in [1.29, 1.82) is 0 Å². The normalized spacial score (nSPS) is 10.5. The lowest BCUT2D eigenvalue weighted by atomic mass is 10.1. The molecule has 0 aliphatic heterocycles. The number of aromatic nitrogens is 2. The number of H-pyrrole nitrogens is 1. The Balaban J connectivity index is 1.93. The van der Waals surface area contributed by atoms with Gasteiger partial charge in [-0.3, -0.25) is 4.79 Å². The van der Waals surface area contributed by atoms with Gasteiger partial charge in [0.25, 0.3) is 0 Å². The van der Waals surface area contributed by atoms with E-state index in [2.05, 4.69) is 9.97 Å². The van der Waals surface area contributed by atoms with E-state index in [1.165, 1.54) is 11.8 Å². The Hall–Kier alpha value is -2.53. The number of nitrogens with one attached hydrogen (secondary N) is 1. The number of carbonyl (C=O) groups is 1. The summed E-state index contributed by atoms with van der Waals surface area (Å²) in [6.07, 6.45) is 0. The summed E-state index contributed by atoms with van der Waals surface area (Å²) in [7, 11) is 0. The molecule has 0 fully saturated rings. The van der Waals surface area contributed by atoms with Gasteiger partial charge in [0, 0.05) is 11.1 Å². The zero-order valence-corrected chi connectivity index (χ0v) is 14.2. The minimum Gasteiger partial charge on any atom is -0.465 e. The van der Waals surface area contributed by atoms with Crippen molar-refractivity contribution in [2.24, 2.45) is 0 Å². The van der Waals surface area contributed by atoms with Crippen LogP contribution in [0, 0.1) is 0 Å². The van der Waals surface area contributed by atoms with Crippen molar-refractivity contribution in [3.05, 3.63) is 60.7 Å². The molecular weight excluding hydrogens is 320 g/mol. The van der Waals surface area contributed by atoms with Crippen LogP contribution < -0.4 is 0 Å². The number of hydrogen-bond donors (Lipinski definition) is 1. The van der Waals surface area contributed by atoms with Crippen molar-refractivity contribution < 1.29 is 9.53 Å². The van der Waals surface area contributed by atoms with E-state index in [0.29, 0.717) is 11.8 Å². The summed E-state index contributed by atoms with van der Waals surface area (Å²) in [6.45, 7) is 2.19. The summed E-state index contributed by atoms with van der Waals surface area (Å²) >= 11 is 1.35. The minimum atomic E-state index is -0.235. The molecule has 0 unspecified atom stereocenters. The fourth-order valence-corrected chi connectivity index (χ4v) is 3.04. The number of nitrogens with zero attached hydrogens (tertiary/aromatic N) is 1. The number of aromatic amines is 1. The van der Waals surface area contributed by atoms with Crippen molar-refractivity contribution in [2.75, 3.05) is 12.4 Å². The largest absolute Gasteiger partial charge is 0.465 e. The van der Waals surface area contributed by atoms with Gasteiger partial charge in [0.1, 0.15) is 0 Å². The molecule has 1 heterocycles. The third kappa shape index (κ3) is 3.86. The first kappa shape index (κ1) is 16.3. The zero-order valence-electron chi connectivity index (χ0n) is 13.4. The van der Waals surface area contributed by atoms with Crippen LogP contribution in [0.4, 0.5) is 0 Å². The molecule has 1 N–H and O–H groups in total. The first-order valence-electron chi connectivity index (χ1n) is 7.77. The highest BCUT2D eigenvalue weighted by Crippen LogP contribution is 2.32. The Morgan fingerprint density at radius 2 is 1.67 bits per heavy atom. The van der Waals surface area contributed by atoms with Crippen LogP contribution >= 0.6 is 11.8 Å². The Labute approximate surface area is 145 Å². The Bertz CT molecular complexity index is 744. The fourth-order valence-electron chi connectivity index (χ4n) is 2.37. The van der Waals surface area contributed by atoms with E-state index in [9.17, 15) is 4.79 Å². The summed E-state index contributed by atoms with van der Waals surface area (Å²) < 4.78 is 4.97. The molecule has 3 rings (SSSR count). The van der Waals surface area contributed by atoms with Crippen LogP contribution in [0.1, 0.15) is 6.92 Å². The van der Waals surface area contributed by atoms with Gasteiger partial charge in [-0.25, -0.2) is 4.98 Å². The van der Waals surface area contributed by atoms with Gasteiger partial charge in [-0.05, 0) is 6.92 Å². The summed E-state index contributed by atoms with van der Waals surface area (Å²) in [5.74, 6) is 0.00510. The van der Waals surface area contributed by atoms with Gasteiger partial charge in [0.15, 0.2) is 5.16 Å². The molecule has 2 aromatic carbocycles. The van der Waals surface area contributed by atoms with Crippen LogP contribution in [-0.2, 0) is 9.53 Å². The molecule has 122 valence electrons. The highest BCUT2D eigenvalue weighted by atomic mass is 32.2. The molecule has 0 amide bonds. The number of benzene rings is 2. The van der Waals surface area contributed by atoms with E-state index >= 15 is 0 Å². The van der Waals surface area contributed by atoms with E-state index in [0.717, 1.165) is 22.5 Å². The number of imidazole rings is 1. The standard InChI is InChI=1S/C19H18N2O2S/c1-2-23-16(22)13-24-19-20-17(14-9-5-3-6-10-14)18(21-19)15-11-7-4-8-12-15/h3-12H,2,13H2,1H3,(H,20,21). The van der Waals surface area contributed by atoms with Gasteiger partial charge in [-0.15, -0.1) is 0 Å². The molecule has 0 bridgehead atoms. The predicted octanol–water partition coefficient (Wildman–Crippen LogP) is 4.40. The molecule has 3 aromatic rings. The van der Waals surface area contributed by atoms with Gasteiger partial charge in [0.2, 0.25) is 0 Å². The molecule has 4 nitrogen and oxygen atoms in total. The third-order valence-electron chi connectivity index (χ3n) is 3.42. The quantitative estimate of drug-likeness (QED) is 0.535. The Kier molecular flexibility index (Phi) is 5.33. The number of carbonyl (C=O) groups excluding carboxylic acids is 1. The second-order valence-electron chi connectivity index (χ2n) is 5.09. The van der Waals surface area contributed by atoms with Crippen LogP contribution in [0.25, 0.3) is 22.5 Å². The van der Waals surface area contributed by atoms with Gasteiger partial charge >= 0.3 is 5.97 Å². The average molecular weight is 338 g/mol. The fraction of sp³-hybridized carbons (Fsp3) is 0.158. The first-order valence-corrected chi connectivity index (χ1v) is 8.75. The maximum atomic E-state index is 11.6. The molecule has 24 heavy (non-hydrogen) atoms. The van der Waals surface area contributed by atoms with Crippen LogP contribution in [0.2, 0.25) is 0 Å². The molecule has 0 aliphatic carbocycles. The second-order valence-corrected chi connectivity index (χ2v) is 6.06. The number of esters is 1. The number of thioether (sulfide) groups is 1. The molecule has 0 atom stereocenters. The molecule has 0 aliphatic rings. The molecule has 0 radical (unpaired) electrons. The van der Waals surface area contributed by atoms with Crippen LogP contribution in [0.5, 0.6) is 0 Å². The van der Waals surface area contributed by atoms with Crippen molar-refractivity contribution >= 4 is 17.7 Å². The van der Waals surface area contributed by atoms with Crippen molar-refractivity contribution in [3.8, 4) is 22.5 Å². The summed E-state index contributed by atoms with van der Waals surface area (Å²) in [5, 5.41) is 0.709. The van der Waals surface area contributed by atoms with Gasteiger partial charge < -0.3 is 9.72 Å². The third-order valence-corrected chi connectivity index (χ3v) is 4.27. The van der Waals surface area contributed by atoms with Gasteiger partial charge in [-0.2, -0.15) is 0 Å². The van der Waals surface area contributed by atoms with Crippen LogP contribution in [0.15, 0.2) is 65.8 Å². The van der Waals surface area contributed by atoms with Crippen molar-refractivity contribution in [2.45, 2.75) is 12.1 Å². The molecule has 0 spiro atoms. The lowest BCUT2D eigenvalue weighted by Crippen LogP contribution is -2.06. The van der Waals surface area contributed by atoms with E-state index in [1.54, 1.807) is 6.92 Å². The zero-order chi connectivity index (χ0) is 16.8. The maximum absolute atomic E-state index is 11.6. The smallest absolute Gasteiger partial charge is 0.316 e. The second kappa shape index (κ2) is 7.84. The predicted molar refractivity (Wildman–Crippen MR) is 96.8 cm³/mol. The lowest BCUT2D eigenvalue weighted by Gasteiger charge is -2.02. The molecule has 0 saturated heterocycles. The minimum absolute atomic E-state index is 0.235. The lowest BCUT2D eigenvalue weighted by molar-refractivity contribution is -0.139. The highest BCUT2D eigenvalue weighted by molar-refractivity contribution is 7.99. The number of ether oxygens (including phenoxy) is 1. The molecule has 1 aromatic heterocycles. The molecule has 0 saturated carbocycles. The van der Waals surface area contributed by atoms with E-state index in [4.69, 9.17) is 4.74 Å². The summed E-state index contributed by atoms with van der Waals surface area (Å²) in [5.41, 5.74) is 3.93. The monoisotopic (exact) mass is 338 g/mol. The molecule has 5 heteroatoms. The highest BCUT2D eigenvalue weighted by Gasteiger charge is 2.15. The van der Waals surface area contributed by atoms with E-state index < -0.39 is 0 Å². The first-order chi connectivity index (χ1) is 11.8. The Morgan fingerprint density at radius 3 is 2.29 bits per heavy atom. The van der Waals surface area contributed by atoms with Crippen LogP contribution in [-0.4, -0.2) is 28.3 Å². The maximum Gasteiger partial charge on any atom is 0.316 e. The SMILES string of the molecule is CCOC(=O)CSc1nc(-c2ccccc2)c(-c2ccccc2)[nH]1. The topological polar surface area (TPSA) is 55.0 Å². The van der Waals surface area contributed by atoms with Crippen LogP contribution in [0.3, 0.4) is 0 Å². The Morgan fingerprint density at radius 1 is 1.04 bits per heavy atom. The number of hydrogen-bond acceptors (Lipinski definition) is 4.